The van der Waals surface area contributed by atoms with Crippen molar-refractivity contribution >= 4 is 39.3 Å². The number of carbonyl (C=O) groups excluding carboxylic acids is 1. The predicted octanol–water partition coefficient (Wildman–Crippen LogP) is 2.02. The Balaban J connectivity index is 3.40. The van der Waals surface area contributed by atoms with Crippen LogP contribution in [0.15, 0.2) is 27.5 Å². The SMILES string of the molecule is O=C=NS(=O)(=O)c1cc(Cl)cc(Cl)c1. The van der Waals surface area contributed by atoms with Crippen LogP contribution in [-0.2, 0) is 14.8 Å². The van der Waals surface area contributed by atoms with Crippen molar-refractivity contribution in [2.45, 2.75) is 4.90 Å². The van der Waals surface area contributed by atoms with Gasteiger partial charge in [-0.3, -0.25) is 0 Å². The first-order valence-electron chi connectivity index (χ1n) is 3.26. The maximum atomic E-state index is 11.2. The fourth-order valence-corrected chi connectivity index (χ4v) is 2.19. The van der Waals surface area contributed by atoms with Gasteiger partial charge in [-0.2, -0.15) is 8.42 Å². The summed E-state index contributed by atoms with van der Waals surface area (Å²) in [5.74, 6) is 0. The van der Waals surface area contributed by atoms with Gasteiger partial charge in [-0.15, -0.1) is 0 Å². The molecule has 0 aromatic heterocycles. The van der Waals surface area contributed by atoms with Crippen molar-refractivity contribution in [1.29, 1.82) is 0 Å². The van der Waals surface area contributed by atoms with E-state index in [2.05, 4.69) is 4.40 Å². The minimum atomic E-state index is -4.02. The lowest BCUT2D eigenvalue weighted by molar-refractivity contribution is 0.563. The Kier molecular flexibility index (Phi) is 3.29. The monoisotopic (exact) mass is 251 g/mol. The number of nitrogens with zero attached hydrogens (tertiary/aromatic N) is 1. The van der Waals surface area contributed by atoms with Crippen molar-refractivity contribution in [2.24, 2.45) is 4.40 Å². The number of benzene rings is 1. The molecule has 7 heteroatoms. The maximum Gasteiger partial charge on any atom is 0.292 e. The van der Waals surface area contributed by atoms with Gasteiger partial charge in [0.15, 0.2) is 0 Å². The maximum absolute atomic E-state index is 11.2. The lowest BCUT2D eigenvalue weighted by Gasteiger charge is -1.98. The molecule has 0 amide bonds. The van der Waals surface area contributed by atoms with Gasteiger partial charge < -0.3 is 0 Å². The number of sulfonamides is 1. The molecule has 0 aliphatic heterocycles. The molecule has 0 radical (unpaired) electrons. The largest absolute Gasteiger partial charge is 0.292 e. The predicted molar refractivity (Wildman–Crippen MR) is 51.8 cm³/mol. The van der Waals surface area contributed by atoms with Crippen molar-refractivity contribution in [2.75, 3.05) is 0 Å². The van der Waals surface area contributed by atoms with Gasteiger partial charge >= 0.3 is 0 Å². The van der Waals surface area contributed by atoms with Crippen LogP contribution in [0.4, 0.5) is 0 Å². The number of halogens is 2. The molecule has 0 saturated heterocycles. The van der Waals surface area contributed by atoms with Gasteiger partial charge in [-0.25, -0.2) is 4.79 Å². The summed E-state index contributed by atoms with van der Waals surface area (Å²) in [5.41, 5.74) is 0. The van der Waals surface area contributed by atoms with Gasteiger partial charge in [-0.1, -0.05) is 27.6 Å². The standard InChI is InChI=1S/C7H3Cl2NO3S/c8-5-1-6(9)3-7(2-5)14(12,13)10-4-11/h1-3H. The number of hydrogen-bond donors (Lipinski definition) is 0. The third-order valence-electron chi connectivity index (χ3n) is 1.29. The highest BCUT2D eigenvalue weighted by atomic mass is 35.5. The minimum absolute atomic E-state index is 0.150. The van der Waals surface area contributed by atoms with Crippen LogP contribution in [0.3, 0.4) is 0 Å². The normalized spacial score (nSPS) is 10.7. The van der Waals surface area contributed by atoms with Gasteiger partial charge in [0.2, 0.25) is 0 Å². The molecular weight excluding hydrogens is 249 g/mol. The van der Waals surface area contributed by atoms with Gasteiger partial charge in [-0.05, 0) is 18.2 Å². The summed E-state index contributed by atoms with van der Waals surface area (Å²) in [6.07, 6.45) is 0.946. The summed E-state index contributed by atoms with van der Waals surface area (Å²) in [4.78, 5) is 9.59. The quantitative estimate of drug-likeness (QED) is 0.597. The van der Waals surface area contributed by atoms with Crippen LogP contribution in [-0.4, -0.2) is 14.5 Å². The van der Waals surface area contributed by atoms with Crippen molar-refractivity contribution in [3.8, 4) is 0 Å². The molecule has 0 N–H and O–H groups in total. The highest BCUT2D eigenvalue weighted by Gasteiger charge is 2.13. The van der Waals surface area contributed by atoms with Crippen molar-refractivity contribution in [1.82, 2.24) is 0 Å². The lowest BCUT2D eigenvalue weighted by Crippen LogP contribution is -1.95. The van der Waals surface area contributed by atoms with Crippen molar-refractivity contribution in [3.63, 3.8) is 0 Å². The Hall–Kier alpha value is -0.870. The van der Waals surface area contributed by atoms with Crippen molar-refractivity contribution in [3.05, 3.63) is 28.2 Å². The molecule has 74 valence electrons. The highest BCUT2D eigenvalue weighted by Crippen LogP contribution is 2.23. The topological polar surface area (TPSA) is 63.6 Å². The number of hydrogen-bond acceptors (Lipinski definition) is 3. The zero-order valence-electron chi connectivity index (χ0n) is 6.57. The molecule has 1 aromatic carbocycles. The molecule has 0 aliphatic rings. The minimum Gasteiger partial charge on any atom is -0.210 e. The zero-order chi connectivity index (χ0) is 10.8. The summed E-state index contributed by atoms with van der Waals surface area (Å²) in [7, 11) is -4.02. The summed E-state index contributed by atoms with van der Waals surface area (Å²) < 4.78 is 25.0. The molecule has 0 saturated carbocycles. The van der Waals surface area contributed by atoms with Gasteiger partial charge in [0, 0.05) is 10.0 Å². The Labute approximate surface area is 90.2 Å². The fraction of sp³-hybridized carbons (Fsp3) is 0. The van der Waals surface area contributed by atoms with Crippen LogP contribution in [0.2, 0.25) is 10.0 Å². The molecule has 0 atom stereocenters. The first-order valence-corrected chi connectivity index (χ1v) is 5.45. The highest BCUT2D eigenvalue weighted by molar-refractivity contribution is 7.90. The van der Waals surface area contributed by atoms with E-state index < -0.39 is 10.0 Å². The molecule has 1 rings (SSSR count). The van der Waals surface area contributed by atoms with Gasteiger partial charge in [0.1, 0.15) is 0 Å². The van der Waals surface area contributed by atoms with E-state index in [4.69, 9.17) is 23.2 Å². The summed E-state index contributed by atoms with van der Waals surface area (Å²) in [6.45, 7) is 0. The van der Waals surface area contributed by atoms with E-state index >= 15 is 0 Å². The third-order valence-corrected chi connectivity index (χ3v) is 2.87. The van der Waals surface area contributed by atoms with Crippen LogP contribution in [0, 0.1) is 0 Å². The fourth-order valence-electron chi connectivity index (χ4n) is 0.779. The molecule has 0 aliphatic carbocycles. The van der Waals surface area contributed by atoms with Crippen LogP contribution in [0.1, 0.15) is 0 Å². The molecule has 14 heavy (non-hydrogen) atoms. The Morgan fingerprint density at radius 2 is 1.64 bits per heavy atom. The van der Waals surface area contributed by atoms with Gasteiger partial charge in [0.05, 0.1) is 4.90 Å². The van der Waals surface area contributed by atoms with Gasteiger partial charge in [0.25, 0.3) is 16.1 Å². The second-order valence-corrected chi connectivity index (χ2v) is 4.74. The van der Waals surface area contributed by atoms with E-state index in [1.165, 1.54) is 6.07 Å². The van der Waals surface area contributed by atoms with Crippen LogP contribution in [0.25, 0.3) is 0 Å². The van der Waals surface area contributed by atoms with Crippen molar-refractivity contribution < 1.29 is 13.2 Å². The average molecular weight is 252 g/mol. The molecule has 0 bridgehead atoms. The Morgan fingerprint density at radius 1 is 1.14 bits per heavy atom. The van der Waals surface area contributed by atoms with E-state index in [1.54, 1.807) is 0 Å². The van der Waals surface area contributed by atoms with Crippen LogP contribution < -0.4 is 0 Å². The second-order valence-electron chi connectivity index (χ2n) is 2.26. The molecule has 0 heterocycles. The first-order chi connectivity index (χ1) is 6.45. The summed E-state index contributed by atoms with van der Waals surface area (Å²) in [5, 5.41) is 0.300. The first kappa shape index (κ1) is 11.2. The molecule has 0 fully saturated rings. The van der Waals surface area contributed by atoms with E-state index in [9.17, 15) is 13.2 Å². The van der Waals surface area contributed by atoms with E-state index in [0.717, 1.165) is 18.2 Å². The third kappa shape index (κ3) is 2.56. The lowest BCUT2D eigenvalue weighted by atomic mass is 10.4. The molecular formula is C7H3Cl2NO3S. The van der Waals surface area contributed by atoms with E-state index in [1.807, 2.05) is 0 Å². The number of isocyanates is 1. The second kappa shape index (κ2) is 4.11. The Bertz CT molecular complexity index is 485. The summed E-state index contributed by atoms with van der Waals surface area (Å²) in [6, 6.07) is 3.65. The summed E-state index contributed by atoms with van der Waals surface area (Å²) >= 11 is 11.1. The van der Waals surface area contributed by atoms with E-state index in [0.29, 0.717) is 0 Å². The Morgan fingerprint density at radius 3 is 2.07 bits per heavy atom. The smallest absolute Gasteiger partial charge is 0.210 e. The molecule has 0 unspecified atom stereocenters. The average Bonchev–Trinajstić information content (AvgIpc) is 2.02. The van der Waals surface area contributed by atoms with Crippen LogP contribution >= 0.6 is 23.2 Å². The zero-order valence-corrected chi connectivity index (χ0v) is 8.90. The van der Waals surface area contributed by atoms with Crippen LogP contribution in [0.5, 0.6) is 0 Å². The molecule has 4 nitrogen and oxygen atoms in total. The molecule has 0 spiro atoms. The molecule has 1 aromatic rings. The van der Waals surface area contributed by atoms with E-state index in [-0.39, 0.29) is 14.9 Å². The number of rotatable bonds is 2.